The summed E-state index contributed by atoms with van der Waals surface area (Å²) in [5, 5.41) is 0. The molecule has 0 aliphatic heterocycles. The molecule has 2 nitrogen and oxygen atoms in total. The molecular weight excluding hydrogens is 629 g/mol. The number of nitrogens with zero attached hydrogens (tertiary/aromatic N) is 2. The van der Waals surface area contributed by atoms with Gasteiger partial charge in [0.15, 0.2) is 0 Å². The van der Waals surface area contributed by atoms with E-state index >= 15 is 0 Å². The summed E-state index contributed by atoms with van der Waals surface area (Å²) < 4.78 is 5.31. The molecule has 0 spiro atoms. The Labute approximate surface area is 329 Å². The molecule has 2 heteroatoms. The second kappa shape index (κ2) is 41.4. The summed E-state index contributed by atoms with van der Waals surface area (Å²) in [7, 11) is 0. The third-order valence-corrected chi connectivity index (χ3v) is 12.1. The number of aromatic nitrogens is 2. The van der Waals surface area contributed by atoms with Crippen LogP contribution in [0.2, 0.25) is 0 Å². The molecule has 0 aromatic carbocycles. The molecule has 0 aliphatic carbocycles. The highest BCUT2D eigenvalue weighted by molar-refractivity contribution is 4.84. The molecule has 0 saturated heterocycles. The van der Waals surface area contributed by atoms with Gasteiger partial charge in [-0.15, -0.1) is 0 Å². The van der Waals surface area contributed by atoms with Gasteiger partial charge in [-0.2, -0.15) is 0 Å². The lowest BCUT2D eigenvalue weighted by molar-refractivity contribution is -0.704. The first-order valence-electron chi connectivity index (χ1n) is 24.9. The van der Waals surface area contributed by atoms with Gasteiger partial charge in [-0.3, -0.25) is 0 Å². The Bertz CT molecular complexity index is 743. The van der Waals surface area contributed by atoms with E-state index in [0.29, 0.717) is 0 Å². The van der Waals surface area contributed by atoms with Crippen LogP contribution < -0.4 is 4.57 Å². The molecule has 0 N–H and O–H groups in total. The molecule has 0 radical (unpaired) electrons. The summed E-state index contributed by atoms with van der Waals surface area (Å²) in [6.07, 6.45) is 65.3. The molecule has 52 heavy (non-hydrogen) atoms. The van der Waals surface area contributed by atoms with Crippen molar-refractivity contribution >= 4 is 0 Å². The van der Waals surface area contributed by atoms with Crippen LogP contribution in [0.5, 0.6) is 0 Å². The fraction of sp³-hybridized carbons (Fsp3) is 0.940. The zero-order valence-corrected chi connectivity index (χ0v) is 36.7. The van der Waals surface area contributed by atoms with Gasteiger partial charge < -0.3 is 0 Å². The van der Waals surface area contributed by atoms with Gasteiger partial charge >= 0.3 is 0 Å². The molecule has 1 rings (SSSR count). The van der Waals surface area contributed by atoms with Crippen LogP contribution in [0.25, 0.3) is 0 Å². The monoisotopic (exact) mass is 728 g/mol. The van der Waals surface area contributed by atoms with E-state index in [2.05, 4.69) is 42.3 Å². The van der Waals surface area contributed by atoms with E-state index in [1.165, 1.54) is 283 Å². The molecule has 0 saturated carbocycles. The summed E-state index contributed by atoms with van der Waals surface area (Å²) in [6, 6.07) is 0. The smallest absolute Gasteiger partial charge is 0.234 e. The number of unbranched alkanes of at least 4 members (excludes halogenated alkanes) is 38. The lowest BCUT2D eigenvalue weighted by Gasteiger charge is -2.07. The zero-order chi connectivity index (χ0) is 37.3. The van der Waals surface area contributed by atoms with Crippen molar-refractivity contribution in [3.8, 4) is 0 Å². The van der Waals surface area contributed by atoms with Crippen LogP contribution in [0, 0.1) is 0 Å². The van der Waals surface area contributed by atoms with Crippen molar-refractivity contribution in [1.82, 2.24) is 4.57 Å². The standard InChI is InChI=1S/C50H99N2/c1-4-7-10-13-16-19-21-23-25-27-29-31-34-37-40-43-46-51-48-49-52(50(51)45-42-39-36-33-18-15-12-9-6-3)47-44-41-38-35-32-30-28-26-24-22-20-17-14-11-8-5-2/h48-49H,4-47H2,1-3H3/q+1. The second-order valence-corrected chi connectivity index (χ2v) is 17.3. The van der Waals surface area contributed by atoms with Gasteiger partial charge in [-0.25, -0.2) is 9.13 Å². The third kappa shape index (κ3) is 32.6. The van der Waals surface area contributed by atoms with E-state index in [-0.39, 0.29) is 0 Å². The molecule has 0 atom stereocenters. The summed E-state index contributed by atoms with van der Waals surface area (Å²) >= 11 is 0. The van der Waals surface area contributed by atoms with Gasteiger partial charge in [0.1, 0.15) is 12.4 Å². The second-order valence-electron chi connectivity index (χ2n) is 17.3. The highest BCUT2D eigenvalue weighted by atomic mass is 15.1. The number of hydrogen-bond donors (Lipinski definition) is 0. The molecular formula is C50H99N2+. The van der Waals surface area contributed by atoms with E-state index < -0.39 is 0 Å². The molecule has 1 heterocycles. The van der Waals surface area contributed by atoms with Crippen LogP contribution in [0.3, 0.4) is 0 Å². The summed E-state index contributed by atoms with van der Waals surface area (Å²) in [5.41, 5.74) is 0. The lowest BCUT2D eigenvalue weighted by atomic mass is 10.0. The Hall–Kier alpha value is -0.790. The van der Waals surface area contributed by atoms with E-state index in [0.717, 1.165) is 0 Å². The van der Waals surface area contributed by atoms with Crippen molar-refractivity contribution in [2.45, 2.75) is 304 Å². The fourth-order valence-corrected chi connectivity index (χ4v) is 8.45. The maximum Gasteiger partial charge on any atom is 0.256 e. The highest BCUT2D eigenvalue weighted by Gasteiger charge is 2.16. The number of aryl methyl sites for hydroxylation is 2. The maximum atomic E-state index is 2.65. The minimum Gasteiger partial charge on any atom is -0.234 e. The molecule has 0 unspecified atom stereocenters. The van der Waals surface area contributed by atoms with Gasteiger partial charge in [0.05, 0.1) is 13.1 Å². The Morgan fingerprint density at radius 3 is 0.923 bits per heavy atom. The predicted octanol–water partition coefficient (Wildman–Crippen LogP) is 17.4. The quantitative estimate of drug-likeness (QED) is 0.0467. The Morgan fingerprint density at radius 1 is 0.327 bits per heavy atom. The van der Waals surface area contributed by atoms with E-state index in [1.54, 1.807) is 5.82 Å². The Kier molecular flexibility index (Phi) is 39.2. The van der Waals surface area contributed by atoms with Crippen molar-refractivity contribution in [1.29, 1.82) is 0 Å². The molecule has 0 amide bonds. The molecule has 0 aliphatic rings. The minimum atomic E-state index is 1.23. The summed E-state index contributed by atoms with van der Waals surface area (Å²) in [4.78, 5) is 0. The van der Waals surface area contributed by atoms with E-state index in [9.17, 15) is 0 Å². The number of rotatable bonds is 44. The first-order valence-corrected chi connectivity index (χ1v) is 24.9. The van der Waals surface area contributed by atoms with Gasteiger partial charge in [0.25, 0.3) is 5.82 Å². The summed E-state index contributed by atoms with van der Waals surface area (Å²) in [5.74, 6) is 1.63. The average Bonchev–Trinajstić information content (AvgIpc) is 3.54. The van der Waals surface area contributed by atoms with Crippen molar-refractivity contribution in [3.05, 3.63) is 18.2 Å². The van der Waals surface area contributed by atoms with Crippen LogP contribution in [-0.2, 0) is 19.5 Å². The number of hydrogen-bond acceptors (Lipinski definition) is 0. The first kappa shape index (κ1) is 49.2. The van der Waals surface area contributed by atoms with Crippen LogP contribution in [0.1, 0.15) is 290 Å². The van der Waals surface area contributed by atoms with Crippen molar-refractivity contribution in [3.63, 3.8) is 0 Å². The maximum absolute atomic E-state index is 2.65. The van der Waals surface area contributed by atoms with Gasteiger partial charge in [0, 0.05) is 6.42 Å². The van der Waals surface area contributed by atoms with E-state index in [4.69, 9.17) is 0 Å². The normalized spacial score (nSPS) is 11.7. The van der Waals surface area contributed by atoms with Crippen molar-refractivity contribution in [2.24, 2.45) is 0 Å². The third-order valence-electron chi connectivity index (χ3n) is 12.1. The first-order chi connectivity index (χ1) is 25.8. The molecule has 1 aromatic heterocycles. The van der Waals surface area contributed by atoms with Gasteiger partial charge in [0.2, 0.25) is 0 Å². The molecule has 308 valence electrons. The molecule has 0 bridgehead atoms. The zero-order valence-electron chi connectivity index (χ0n) is 36.7. The van der Waals surface area contributed by atoms with Crippen LogP contribution >= 0.6 is 0 Å². The summed E-state index contributed by atoms with van der Waals surface area (Å²) in [6.45, 7) is 9.42. The largest absolute Gasteiger partial charge is 0.256 e. The SMILES string of the molecule is CCCCCCCCCCCCCCCCCCn1cc[n+](CCCCCCCCCCCCCCCCCC)c1CCCCCCCCCCC. The highest BCUT2D eigenvalue weighted by Crippen LogP contribution is 2.17. The Morgan fingerprint density at radius 2 is 0.596 bits per heavy atom. The fourth-order valence-electron chi connectivity index (χ4n) is 8.45. The van der Waals surface area contributed by atoms with Crippen molar-refractivity contribution < 1.29 is 4.57 Å². The Balaban J connectivity index is 2.21. The van der Waals surface area contributed by atoms with Crippen molar-refractivity contribution in [2.75, 3.05) is 0 Å². The number of imidazole rings is 1. The lowest BCUT2D eigenvalue weighted by Crippen LogP contribution is -2.37. The molecule has 0 fully saturated rings. The van der Waals surface area contributed by atoms with Crippen LogP contribution in [0.4, 0.5) is 0 Å². The van der Waals surface area contributed by atoms with Crippen LogP contribution in [0.15, 0.2) is 12.4 Å². The topological polar surface area (TPSA) is 8.81 Å². The predicted molar refractivity (Wildman–Crippen MR) is 235 cm³/mol. The van der Waals surface area contributed by atoms with Gasteiger partial charge in [-0.05, 0) is 32.1 Å². The minimum absolute atomic E-state index is 1.23. The van der Waals surface area contributed by atoms with Crippen LogP contribution in [-0.4, -0.2) is 4.57 Å². The average molecular weight is 728 g/mol. The van der Waals surface area contributed by atoms with Gasteiger partial charge in [-0.1, -0.05) is 252 Å². The molecule has 1 aromatic rings. The van der Waals surface area contributed by atoms with E-state index in [1.807, 2.05) is 0 Å².